The van der Waals surface area contributed by atoms with Gasteiger partial charge >= 0.3 is 0 Å². The fraction of sp³-hybridized carbons (Fsp3) is 0.625. The third-order valence-electron chi connectivity index (χ3n) is 4.66. The van der Waals surface area contributed by atoms with Crippen LogP contribution in [-0.4, -0.2) is 13.1 Å². The number of halogens is 1. The van der Waals surface area contributed by atoms with Crippen LogP contribution >= 0.6 is 15.9 Å². The Hall–Kier alpha value is -0.700. The van der Waals surface area contributed by atoms with Crippen molar-refractivity contribution < 1.29 is 0 Å². The van der Waals surface area contributed by atoms with Gasteiger partial charge in [-0.1, -0.05) is 13.3 Å². The molecule has 0 amide bonds. The third-order valence-corrected chi connectivity index (χ3v) is 5.29. The largest absolute Gasteiger partial charge is 0.398 e. The molecular formula is C16H25BrN2. The minimum Gasteiger partial charge on any atom is -0.398 e. The van der Waals surface area contributed by atoms with Crippen LogP contribution in [0.2, 0.25) is 0 Å². The van der Waals surface area contributed by atoms with Crippen LogP contribution in [0.5, 0.6) is 0 Å². The topological polar surface area (TPSA) is 29.3 Å². The minimum absolute atomic E-state index is 0.669. The van der Waals surface area contributed by atoms with Crippen molar-refractivity contribution >= 4 is 27.3 Å². The summed E-state index contributed by atoms with van der Waals surface area (Å²) in [6.45, 7) is 4.39. The molecule has 2 N–H and O–H groups in total. The van der Waals surface area contributed by atoms with E-state index >= 15 is 0 Å². The molecule has 1 saturated carbocycles. The molecule has 1 aromatic carbocycles. The summed E-state index contributed by atoms with van der Waals surface area (Å²) >= 11 is 3.65. The highest BCUT2D eigenvalue weighted by atomic mass is 79.9. The Bertz CT molecular complexity index is 437. The summed E-state index contributed by atoms with van der Waals surface area (Å²) in [7, 11) is 2.21. The Morgan fingerprint density at radius 2 is 1.89 bits per heavy atom. The van der Waals surface area contributed by atoms with Gasteiger partial charge in [-0.3, -0.25) is 0 Å². The molecule has 0 spiro atoms. The maximum Gasteiger partial charge on any atom is 0.0514 e. The summed E-state index contributed by atoms with van der Waals surface area (Å²) in [5.74, 6) is 0.946. The fourth-order valence-corrected chi connectivity index (χ4v) is 3.73. The Morgan fingerprint density at radius 3 is 2.47 bits per heavy atom. The van der Waals surface area contributed by atoms with Crippen molar-refractivity contribution in [2.24, 2.45) is 5.92 Å². The molecular weight excluding hydrogens is 300 g/mol. The van der Waals surface area contributed by atoms with Crippen LogP contribution in [0.3, 0.4) is 0 Å². The first-order chi connectivity index (χ1) is 9.02. The Morgan fingerprint density at radius 1 is 1.26 bits per heavy atom. The number of nitrogen functional groups attached to an aromatic ring is 1. The number of hydrogen-bond donors (Lipinski definition) is 1. The van der Waals surface area contributed by atoms with E-state index in [1.807, 2.05) is 6.07 Å². The van der Waals surface area contributed by atoms with Crippen molar-refractivity contribution in [2.75, 3.05) is 17.7 Å². The first kappa shape index (κ1) is 14.7. The van der Waals surface area contributed by atoms with Gasteiger partial charge in [0.25, 0.3) is 0 Å². The summed E-state index contributed by atoms with van der Waals surface area (Å²) in [5, 5.41) is 0. The van der Waals surface area contributed by atoms with Gasteiger partial charge in [0.15, 0.2) is 0 Å². The average molecular weight is 325 g/mol. The Kier molecular flexibility index (Phi) is 4.77. The Balaban J connectivity index is 2.12. The standard InChI is InChI=1S/C16H25BrN2/c1-4-12-5-7-13(8-6-12)19(3)16-9-11(2)15(18)10-14(16)17/h9-10,12-13H,4-8,18H2,1-3H3. The lowest BCUT2D eigenvalue weighted by Gasteiger charge is -2.36. The number of hydrogen-bond acceptors (Lipinski definition) is 2. The molecule has 1 aliphatic carbocycles. The van der Waals surface area contributed by atoms with Crippen molar-refractivity contribution in [2.45, 2.75) is 52.0 Å². The van der Waals surface area contributed by atoms with Crippen molar-refractivity contribution in [1.82, 2.24) is 0 Å². The minimum atomic E-state index is 0.669. The second-order valence-electron chi connectivity index (χ2n) is 5.85. The second-order valence-corrected chi connectivity index (χ2v) is 6.71. The summed E-state index contributed by atoms with van der Waals surface area (Å²) in [6.07, 6.45) is 6.70. The van der Waals surface area contributed by atoms with Crippen molar-refractivity contribution in [1.29, 1.82) is 0 Å². The molecule has 0 unspecified atom stereocenters. The molecule has 1 aromatic rings. The van der Waals surface area contributed by atoms with E-state index in [-0.39, 0.29) is 0 Å². The molecule has 1 aliphatic rings. The van der Waals surface area contributed by atoms with Crippen LogP contribution in [0.25, 0.3) is 0 Å². The molecule has 0 aliphatic heterocycles. The number of nitrogens with two attached hydrogens (primary N) is 1. The van der Waals surface area contributed by atoms with Crippen LogP contribution in [0.1, 0.15) is 44.6 Å². The molecule has 2 rings (SSSR count). The second kappa shape index (κ2) is 6.17. The zero-order valence-electron chi connectivity index (χ0n) is 12.2. The first-order valence-corrected chi connectivity index (χ1v) is 8.10. The van der Waals surface area contributed by atoms with Gasteiger partial charge < -0.3 is 10.6 Å². The number of nitrogens with zero attached hydrogens (tertiary/aromatic N) is 1. The third kappa shape index (κ3) is 3.25. The zero-order chi connectivity index (χ0) is 14.0. The first-order valence-electron chi connectivity index (χ1n) is 7.31. The van der Waals surface area contributed by atoms with Gasteiger partial charge in [0.1, 0.15) is 0 Å². The van der Waals surface area contributed by atoms with Gasteiger partial charge in [0.2, 0.25) is 0 Å². The normalized spacial score (nSPS) is 23.4. The molecule has 19 heavy (non-hydrogen) atoms. The van der Waals surface area contributed by atoms with E-state index in [1.54, 1.807) is 0 Å². The molecule has 1 fully saturated rings. The molecule has 0 atom stereocenters. The average Bonchev–Trinajstić information content (AvgIpc) is 2.42. The summed E-state index contributed by atoms with van der Waals surface area (Å²) < 4.78 is 1.11. The highest BCUT2D eigenvalue weighted by molar-refractivity contribution is 9.10. The predicted molar refractivity (Wildman–Crippen MR) is 87.7 cm³/mol. The predicted octanol–water partition coefficient (Wildman–Crippen LogP) is 4.74. The molecule has 2 nitrogen and oxygen atoms in total. The van der Waals surface area contributed by atoms with E-state index < -0.39 is 0 Å². The van der Waals surface area contributed by atoms with E-state index in [0.29, 0.717) is 6.04 Å². The van der Waals surface area contributed by atoms with Gasteiger partial charge in [-0.25, -0.2) is 0 Å². The quantitative estimate of drug-likeness (QED) is 0.813. The van der Waals surface area contributed by atoms with Gasteiger partial charge in [-0.2, -0.15) is 0 Å². The number of benzene rings is 1. The van der Waals surface area contributed by atoms with Crippen molar-refractivity contribution in [3.8, 4) is 0 Å². The molecule has 0 saturated heterocycles. The lowest BCUT2D eigenvalue weighted by Crippen LogP contribution is -2.35. The highest BCUT2D eigenvalue weighted by Crippen LogP contribution is 2.35. The Labute approximate surface area is 125 Å². The summed E-state index contributed by atoms with van der Waals surface area (Å²) in [5.41, 5.74) is 9.25. The van der Waals surface area contributed by atoms with Gasteiger partial charge in [0.05, 0.1) is 5.69 Å². The van der Waals surface area contributed by atoms with Crippen LogP contribution in [-0.2, 0) is 0 Å². The van der Waals surface area contributed by atoms with Crippen LogP contribution in [0.4, 0.5) is 11.4 Å². The van der Waals surface area contributed by atoms with Gasteiger partial charge in [-0.05, 0) is 72.2 Å². The summed E-state index contributed by atoms with van der Waals surface area (Å²) in [6, 6.07) is 4.89. The van der Waals surface area contributed by atoms with Crippen LogP contribution in [0, 0.1) is 12.8 Å². The number of rotatable bonds is 3. The van der Waals surface area contributed by atoms with Crippen molar-refractivity contribution in [3.05, 3.63) is 22.2 Å². The molecule has 0 heterocycles. The zero-order valence-corrected chi connectivity index (χ0v) is 13.8. The highest BCUT2D eigenvalue weighted by Gasteiger charge is 2.24. The van der Waals surface area contributed by atoms with Crippen molar-refractivity contribution in [3.63, 3.8) is 0 Å². The summed E-state index contributed by atoms with van der Waals surface area (Å²) in [4.78, 5) is 2.43. The smallest absolute Gasteiger partial charge is 0.0514 e. The maximum atomic E-state index is 5.96. The number of anilines is 2. The number of aryl methyl sites for hydroxylation is 1. The molecule has 0 aromatic heterocycles. The van der Waals surface area contributed by atoms with Gasteiger partial charge in [0, 0.05) is 23.2 Å². The fourth-order valence-electron chi connectivity index (χ4n) is 3.09. The lowest BCUT2D eigenvalue weighted by molar-refractivity contribution is 0.313. The van der Waals surface area contributed by atoms with E-state index in [2.05, 4.69) is 47.8 Å². The van der Waals surface area contributed by atoms with Crippen LogP contribution in [0.15, 0.2) is 16.6 Å². The van der Waals surface area contributed by atoms with Crippen LogP contribution < -0.4 is 10.6 Å². The maximum absolute atomic E-state index is 5.96. The molecule has 0 radical (unpaired) electrons. The monoisotopic (exact) mass is 324 g/mol. The SMILES string of the molecule is CCC1CCC(N(C)c2cc(C)c(N)cc2Br)CC1. The van der Waals surface area contributed by atoms with Gasteiger partial charge in [-0.15, -0.1) is 0 Å². The van der Waals surface area contributed by atoms with E-state index in [9.17, 15) is 0 Å². The van der Waals surface area contributed by atoms with E-state index in [4.69, 9.17) is 5.73 Å². The van der Waals surface area contributed by atoms with E-state index in [0.717, 1.165) is 21.6 Å². The molecule has 0 bridgehead atoms. The molecule has 3 heteroatoms. The molecule has 106 valence electrons. The lowest BCUT2D eigenvalue weighted by atomic mass is 9.84. The van der Waals surface area contributed by atoms with E-state index in [1.165, 1.54) is 37.8 Å².